The van der Waals surface area contributed by atoms with Gasteiger partial charge in [0.15, 0.2) is 0 Å². The SMILES string of the molecule is C=CP(=O)(CC)OCCCCO. The normalized spacial score (nSPS) is 15.5. The first-order valence-electron chi connectivity index (χ1n) is 4.16. The number of unbranched alkanes of at least 4 members (excludes halogenated alkanes) is 1. The van der Waals surface area contributed by atoms with E-state index in [0.717, 1.165) is 6.42 Å². The van der Waals surface area contributed by atoms with E-state index in [0.29, 0.717) is 19.2 Å². The fourth-order valence-corrected chi connectivity index (χ4v) is 1.69. The second kappa shape index (κ2) is 6.41. The summed E-state index contributed by atoms with van der Waals surface area (Å²) in [6, 6.07) is 0. The van der Waals surface area contributed by atoms with Gasteiger partial charge in [0.25, 0.3) is 0 Å². The monoisotopic (exact) mass is 192 g/mol. The Labute approximate surface area is 73.9 Å². The summed E-state index contributed by atoms with van der Waals surface area (Å²) in [6.07, 6.45) is 1.94. The summed E-state index contributed by atoms with van der Waals surface area (Å²) in [5.74, 6) is 1.39. The van der Waals surface area contributed by atoms with Gasteiger partial charge in [0.2, 0.25) is 7.37 Å². The van der Waals surface area contributed by atoms with Crippen molar-refractivity contribution < 1.29 is 14.2 Å². The van der Waals surface area contributed by atoms with E-state index in [9.17, 15) is 4.57 Å². The number of aliphatic hydroxyl groups excluding tert-OH is 1. The zero-order valence-corrected chi connectivity index (χ0v) is 8.43. The van der Waals surface area contributed by atoms with E-state index in [1.165, 1.54) is 5.82 Å². The van der Waals surface area contributed by atoms with Crippen molar-refractivity contribution in [1.82, 2.24) is 0 Å². The third-order valence-electron chi connectivity index (χ3n) is 1.58. The molecule has 0 amide bonds. The van der Waals surface area contributed by atoms with Gasteiger partial charge in [0, 0.05) is 12.8 Å². The molecule has 12 heavy (non-hydrogen) atoms. The van der Waals surface area contributed by atoms with E-state index >= 15 is 0 Å². The van der Waals surface area contributed by atoms with Crippen LogP contribution in [0.1, 0.15) is 19.8 Å². The molecule has 0 aliphatic heterocycles. The highest BCUT2D eigenvalue weighted by Gasteiger charge is 2.14. The molecule has 0 aliphatic rings. The number of hydrogen-bond acceptors (Lipinski definition) is 3. The number of aliphatic hydroxyl groups is 1. The number of hydrogen-bond donors (Lipinski definition) is 1. The molecule has 3 nitrogen and oxygen atoms in total. The highest BCUT2D eigenvalue weighted by atomic mass is 31.2. The zero-order valence-electron chi connectivity index (χ0n) is 7.53. The van der Waals surface area contributed by atoms with Gasteiger partial charge in [-0.05, 0) is 18.7 Å². The van der Waals surface area contributed by atoms with Crippen LogP contribution in [0, 0.1) is 0 Å². The molecule has 72 valence electrons. The Kier molecular flexibility index (Phi) is 6.35. The first kappa shape index (κ1) is 11.9. The van der Waals surface area contributed by atoms with Crippen LogP contribution in [0.3, 0.4) is 0 Å². The molecule has 4 heteroatoms. The lowest BCUT2D eigenvalue weighted by Crippen LogP contribution is -1.95. The Morgan fingerprint density at radius 3 is 2.67 bits per heavy atom. The fourth-order valence-electron chi connectivity index (χ4n) is 0.706. The molecule has 1 unspecified atom stereocenters. The molecular weight excluding hydrogens is 175 g/mol. The van der Waals surface area contributed by atoms with Crippen LogP contribution >= 0.6 is 7.37 Å². The summed E-state index contributed by atoms with van der Waals surface area (Å²) in [5, 5.41) is 8.47. The van der Waals surface area contributed by atoms with Gasteiger partial charge in [0.1, 0.15) is 0 Å². The zero-order chi connectivity index (χ0) is 9.45. The third kappa shape index (κ3) is 4.70. The minimum atomic E-state index is -2.54. The molecule has 1 atom stereocenters. The molecule has 0 aliphatic carbocycles. The Balaban J connectivity index is 3.59. The van der Waals surface area contributed by atoms with Crippen LogP contribution in [-0.4, -0.2) is 24.5 Å². The lowest BCUT2D eigenvalue weighted by atomic mass is 10.3. The topological polar surface area (TPSA) is 46.5 Å². The van der Waals surface area contributed by atoms with Crippen molar-refractivity contribution >= 4 is 7.37 Å². The predicted octanol–water partition coefficient (Wildman–Crippen LogP) is 2.22. The molecule has 0 bridgehead atoms. The van der Waals surface area contributed by atoms with Crippen LogP contribution in [0.2, 0.25) is 0 Å². The van der Waals surface area contributed by atoms with Gasteiger partial charge >= 0.3 is 0 Å². The van der Waals surface area contributed by atoms with Gasteiger partial charge in [-0.25, -0.2) is 0 Å². The van der Waals surface area contributed by atoms with Crippen molar-refractivity contribution in [2.45, 2.75) is 19.8 Å². The maximum Gasteiger partial charge on any atom is 0.224 e. The highest BCUT2D eigenvalue weighted by molar-refractivity contribution is 7.62. The van der Waals surface area contributed by atoms with Crippen LogP contribution in [0.25, 0.3) is 0 Å². The fraction of sp³-hybridized carbons (Fsp3) is 0.750. The molecule has 0 heterocycles. The van der Waals surface area contributed by atoms with Crippen LogP contribution < -0.4 is 0 Å². The maximum absolute atomic E-state index is 11.5. The van der Waals surface area contributed by atoms with Gasteiger partial charge in [-0.3, -0.25) is 4.57 Å². The Morgan fingerprint density at radius 1 is 1.58 bits per heavy atom. The van der Waals surface area contributed by atoms with E-state index in [2.05, 4.69) is 6.58 Å². The van der Waals surface area contributed by atoms with Crippen molar-refractivity contribution in [2.24, 2.45) is 0 Å². The smallest absolute Gasteiger partial charge is 0.224 e. The Bertz CT molecular complexity index is 168. The van der Waals surface area contributed by atoms with Gasteiger partial charge < -0.3 is 9.63 Å². The summed E-state index contributed by atoms with van der Waals surface area (Å²) in [7, 11) is -2.54. The molecule has 0 saturated carbocycles. The Hall–Kier alpha value is -0.110. The lowest BCUT2D eigenvalue weighted by Gasteiger charge is -2.11. The van der Waals surface area contributed by atoms with E-state index in [1.54, 1.807) is 0 Å². The quantitative estimate of drug-likeness (QED) is 0.497. The van der Waals surface area contributed by atoms with E-state index in [1.807, 2.05) is 6.92 Å². The molecule has 0 aromatic heterocycles. The largest absolute Gasteiger partial charge is 0.396 e. The highest BCUT2D eigenvalue weighted by Crippen LogP contribution is 2.47. The summed E-state index contributed by atoms with van der Waals surface area (Å²) >= 11 is 0. The van der Waals surface area contributed by atoms with E-state index < -0.39 is 7.37 Å². The number of rotatable bonds is 7. The van der Waals surface area contributed by atoms with Crippen molar-refractivity contribution in [3.63, 3.8) is 0 Å². The van der Waals surface area contributed by atoms with E-state index in [-0.39, 0.29) is 6.61 Å². The minimum Gasteiger partial charge on any atom is -0.396 e. The molecule has 0 radical (unpaired) electrons. The van der Waals surface area contributed by atoms with Crippen molar-refractivity contribution in [3.8, 4) is 0 Å². The van der Waals surface area contributed by atoms with Crippen LogP contribution in [0.5, 0.6) is 0 Å². The second-order valence-corrected chi connectivity index (χ2v) is 5.20. The molecule has 0 aromatic carbocycles. The van der Waals surface area contributed by atoms with Crippen LogP contribution in [0.4, 0.5) is 0 Å². The first-order chi connectivity index (χ1) is 5.68. The van der Waals surface area contributed by atoms with Crippen molar-refractivity contribution in [3.05, 3.63) is 12.4 Å². The molecule has 0 saturated heterocycles. The van der Waals surface area contributed by atoms with Gasteiger partial charge in [-0.2, -0.15) is 0 Å². The predicted molar refractivity (Wildman–Crippen MR) is 50.6 cm³/mol. The van der Waals surface area contributed by atoms with Crippen molar-refractivity contribution in [1.29, 1.82) is 0 Å². The van der Waals surface area contributed by atoms with Gasteiger partial charge in [0.05, 0.1) is 6.61 Å². The summed E-state index contributed by atoms with van der Waals surface area (Å²) in [4.78, 5) is 0. The maximum atomic E-state index is 11.5. The average molecular weight is 192 g/mol. The average Bonchev–Trinajstić information content (AvgIpc) is 2.12. The minimum absolute atomic E-state index is 0.161. The summed E-state index contributed by atoms with van der Waals surface area (Å²) in [6.45, 7) is 5.88. The Morgan fingerprint density at radius 2 is 2.25 bits per heavy atom. The second-order valence-electron chi connectivity index (χ2n) is 2.49. The third-order valence-corrected chi connectivity index (χ3v) is 3.64. The van der Waals surface area contributed by atoms with Gasteiger partial charge in [-0.1, -0.05) is 13.5 Å². The molecule has 1 N–H and O–H groups in total. The summed E-state index contributed by atoms with van der Waals surface area (Å²) in [5.41, 5.74) is 0. The first-order valence-corrected chi connectivity index (χ1v) is 6.04. The standard InChI is InChI=1S/C8H17O3P/c1-3-12(10,4-2)11-8-6-5-7-9/h3,9H,1,4-8H2,2H3. The molecule has 0 aromatic rings. The van der Waals surface area contributed by atoms with Gasteiger partial charge in [-0.15, -0.1) is 0 Å². The van der Waals surface area contributed by atoms with Crippen LogP contribution in [-0.2, 0) is 9.09 Å². The molecular formula is C8H17O3P. The molecule has 0 spiro atoms. The molecule has 0 rings (SSSR count). The van der Waals surface area contributed by atoms with Crippen molar-refractivity contribution in [2.75, 3.05) is 19.4 Å². The molecule has 0 fully saturated rings. The summed E-state index contributed by atoms with van der Waals surface area (Å²) < 4.78 is 16.7. The van der Waals surface area contributed by atoms with E-state index in [4.69, 9.17) is 9.63 Å². The lowest BCUT2D eigenvalue weighted by molar-refractivity contribution is 0.255. The van der Waals surface area contributed by atoms with Crippen LogP contribution in [0.15, 0.2) is 12.4 Å².